The van der Waals surface area contributed by atoms with Gasteiger partial charge in [0.2, 0.25) is 0 Å². The molecule has 41 heavy (non-hydrogen) atoms. The lowest BCUT2D eigenvalue weighted by molar-refractivity contribution is 1.19. The maximum atomic E-state index is 2.46. The topological polar surface area (TPSA) is 4.93 Å². The lowest BCUT2D eigenvalue weighted by atomic mass is 9.98. The molecule has 192 valence electrons. The highest BCUT2D eigenvalue weighted by atomic mass is 32.1. The van der Waals surface area contributed by atoms with Crippen molar-refractivity contribution in [2.24, 2.45) is 0 Å². The molecule has 0 saturated carbocycles. The Morgan fingerprint density at radius 2 is 1.15 bits per heavy atom. The molecule has 6 aromatic carbocycles. The van der Waals surface area contributed by atoms with Gasteiger partial charge in [-0.25, -0.2) is 0 Å². The van der Waals surface area contributed by atoms with E-state index in [1.165, 1.54) is 79.3 Å². The minimum Gasteiger partial charge on any atom is -0.308 e. The average Bonchev–Trinajstić information content (AvgIpc) is 3.70. The minimum absolute atomic E-state index is 1.20. The molecule has 0 bridgehead atoms. The molecule has 0 saturated heterocycles. The van der Waals surface area contributed by atoms with Crippen molar-refractivity contribution in [3.05, 3.63) is 140 Å². The van der Waals surface area contributed by atoms with E-state index >= 15 is 0 Å². The van der Waals surface area contributed by atoms with Gasteiger partial charge in [-0.1, -0.05) is 103 Å². The monoisotopic (exact) mass is 557 g/mol. The van der Waals surface area contributed by atoms with E-state index in [0.717, 1.165) is 0 Å². The van der Waals surface area contributed by atoms with Crippen LogP contribution >= 0.6 is 22.7 Å². The van der Waals surface area contributed by atoms with Crippen LogP contribution in [0, 0.1) is 0 Å². The molecular weight excluding hydrogens is 535 g/mol. The molecule has 0 atom stereocenters. The van der Waals surface area contributed by atoms with Crippen molar-refractivity contribution in [1.29, 1.82) is 0 Å². The summed E-state index contributed by atoms with van der Waals surface area (Å²) in [5.41, 5.74) is 8.87. The van der Waals surface area contributed by atoms with E-state index in [9.17, 15) is 0 Å². The Hall–Kier alpha value is -4.70. The Kier molecular flexibility index (Phi) is 5.00. The van der Waals surface area contributed by atoms with E-state index in [1.54, 1.807) is 0 Å². The Balaban J connectivity index is 1.37. The van der Waals surface area contributed by atoms with E-state index in [1.807, 2.05) is 22.7 Å². The first-order chi connectivity index (χ1) is 20.3. The number of aromatic nitrogens is 1. The fraction of sp³-hybridized carbons (Fsp3) is 0. The number of nitrogens with zero attached hydrogens (tertiary/aromatic N) is 1. The van der Waals surface area contributed by atoms with Crippen LogP contribution in [0.25, 0.3) is 79.3 Å². The number of para-hydroxylation sites is 2. The predicted octanol–water partition coefficient (Wildman–Crippen LogP) is 11.7. The van der Waals surface area contributed by atoms with Crippen LogP contribution in [0.5, 0.6) is 0 Å². The summed E-state index contributed by atoms with van der Waals surface area (Å²) in [6, 6.07) is 50.9. The largest absolute Gasteiger partial charge is 0.308 e. The lowest BCUT2D eigenvalue weighted by Crippen LogP contribution is -1.93. The van der Waals surface area contributed by atoms with Crippen LogP contribution in [0.2, 0.25) is 0 Å². The minimum atomic E-state index is 1.20. The van der Waals surface area contributed by atoms with Crippen molar-refractivity contribution in [2.45, 2.75) is 0 Å². The second-order valence-corrected chi connectivity index (χ2v) is 12.6. The first kappa shape index (κ1) is 23.0. The van der Waals surface area contributed by atoms with E-state index in [-0.39, 0.29) is 0 Å². The van der Waals surface area contributed by atoms with E-state index in [2.05, 4.69) is 144 Å². The summed E-state index contributed by atoms with van der Waals surface area (Å²) in [5, 5.41) is 5.30. The quantitative estimate of drug-likeness (QED) is 0.204. The zero-order chi connectivity index (χ0) is 26.9. The molecule has 0 fully saturated rings. The van der Waals surface area contributed by atoms with Gasteiger partial charge < -0.3 is 4.57 Å². The van der Waals surface area contributed by atoms with Crippen LogP contribution in [0.15, 0.2) is 140 Å². The van der Waals surface area contributed by atoms with Gasteiger partial charge in [-0.2, -0.15) is 0 Å². The maximum Gasteiger partial charge on any atom is 0.0734 e. The lowest BCUT2D eigenvalue weighted by Gasteiger charge is -2.10. The fourth-order valence-electron chi connectivity index (χ4n) is 6.40. The van der Waals surface area contributed by atoms with Crippen LogP contribution < -0.4 is 0 Å². The van der Waals surface area contributed by atoms with Crippen LogP contribution in [0.4, 0.5) is 0 Å². The number of thiophene rings is 2. The summed E-state index contributed by atoms with van der Waals surface area (Å²) in [5.74, 6) is 0. The second-order valence-electron chi connectivity index (χ2n) is 10.5. The molecule has 9 aromatic rings. The van der Waals surface area contributed by atoms with Crippen LogP contribution in [-0.4, -0.2) is 4.57 Å². The first-order valence-corrected chi connectivity index (χ1v) is 15.5. The molecule has 3 heterocycles. The van der Waals surface area contributed by atoms with Gasteiger partial charge in [0.1, 0.15) is 0 Å². The van der Waals surface area contributed by atoms with Crippen LogP contribution in [0.1, 0.15) is 0 Å². The first-order valence-electron chi connectivity index (χ1n) is 13.9. The summed E-state index contributed by atoms with van der Waals surface area (Å²) >= 11 is 3.81. The molecule has 0 N–H and O–H groups in total. The summed E-state index contributed by atoms with van der Waals surface area (Å²) in [6.07, 6.45) is 0. The van der Waals surface area contributed by atoms with Crippen molar-refractivity contribution in [1.82, 2.24) is 4.57 Å². The Morgan fingerprint density at radius 1 is 0.439 bits per heavy atom. The van der Waals surface area contributed by atoms with Gasteiger partial charge in [0.15, 0.2) is 0 Å². The van der Waals surface area contributed by atoms with E-state index in [0.29, 0.717) is 0 Å². The fourth-order valence-corrected chi connectivity index (χ4v) is 8.86. The van der Waals surface area contributed by atoms with Crippen molar-refractivity contribution in [3.63, 3.8) is 0 Å². The smallest absolute Gasteiger partial charge is 0.0734 e. The Morgan fingerprint density at radius 3 is 2.02 bits per heavy atom. The highest BCUT2D eigenvalue weighted by Gasteiger charge is 2.21. The van der Waals surface area contributed by atoms with Gasteiger partial charge in [0.25, 0.3) is 0 Å². The molecule has 3 heteroatoms. The SMILES string of the molecule is c1ccc(-c2ccc3sc4c(-c5cccc6sc7c8ccccc8n(-c8ccccc8)c7c56)cccc4c3c2)cc1. The van der Waals surface area contributed by atoms with E-state index in [4.69, 9.17) is 0 Å². The molecule has 3 aromatic heterocycles. The molecule has 0 aliphatic rings. The molecular formula is C38H23NS2. The van der Waals surface area contributed by atoms with Crippen molar-refractivity contribution in [3.8, 4) is 27.9 Å². The summed E-state index contributed by atoms with van der Waals surface area (Å²) < 4.78 is 7.81. The standard InChI is InChI=1S/C38H23NS2/c1-3-11-24(12-4-1)25-21-22-33-31(23-25)29-18-9-17-28(37(29)40-33)27-16-10-20-34-35(27)36-38(41-34)30-15-7-8-19-32(30)39(36)26-13-5-2-6-14-26/h1-23H. The summed E-state index contributed by atoms with van der Waals surface area (Å²) in [6.45, 7) is 0. The van der Waals surface area contributed by atoms with Gasteiger partial charge in [0, 0.05) is 46.9 Å². The van der Waals surface area contributed by atoms with Gasteiger partial charge >= 0.3 is 0 Å². The van der Waals surface area contributed by atoms with Crippen molar-refractivity contribution >= 4 is 74.1 Å². The number of fused-ring (bicyclic) bond motifs is 8. The maximum absolute atomic E-state index is 2.46. The third-order valence-electron chi connectivity index (χ3n) is 8.21. The number of hydrogen-bond acceptors (Lipinski definition) is 2. The second kappa shape index (κ2) is 8.90. The highest BCUT2D eigenvalue weighted by molar-refractivity contribution is 7.27. The number of benzene rings is 6. The Labute approximate surface area is 245 Å². The molecule has 0 radical (unpaired) electrons. The van der Waals surface area contributed by atoms with Gasteiger partial charge in [-0.05, 0) is 53.1 Å². The van der Waals surface area contributed by atoms with Crippen LogP contribution in [-0.2, 0) is 0 Å². The molecule has 0 amide bonds. The number of hydrogen-bond donors (Lipinski definition) is 0. The van der Waals surface area contributed by atoms with Crippen molar-refractivity contribution in [2.75, 3.05) is 0 Å². The predicted molar refractivity (Wildman–Crippen MR) is 180 cm³/mol. The zero-order valence-electron chi connectivity index (χ0n) is 22.0. The zero-order valence-corrected chi connectivity index (χ0v) is 23.7. The third kappa shape index (κ3) is 3.40. The molecule has 0 aliphatic carbocycles. The molecule has 0 spiro atoms. The summed E-state index contributed by atoms with van der Waals surface area (Å²) in [7, 11) is 0. The Bertz CT molecular complexity index is 2410. The van der Waals surface area contributed by atoms with Gasteiger partial charge in [-0.15, -0.1) is 22.7 Å². The van der Waals surface area contributed by atoms with Crippen LogP contribution in [0.3, 0.4) is 0 Å². The summed E-state index contributed by atoms with van der Waals surface area (Å²) in [4.78, 5) is 0. The van der Waals surface area contributed by atoms with E-state index < -0.39 is 0 Å². The number of rotatable bonds is 3. The normalized spacial score (nSPS) is 11.9. The highest BCUT2D eigenvalue weighted by Crippen LogP contribution is 2.48. The van der Waals surface area contributed by atoms with Gasteiger partial charge in [-0.3, -0.25) is 0 Å². The third-order valence-corrected chi connectivity index (χ3v) is 10.6. The molecule has 9 rings (SSSR count). The average molecular weight is 558 g/mol. The van der Waals surface area contributed by atoms with Crippen molar-refractivity contribution < 1.29 is 0 Å². The molecule has 1 nitrogen and oxygen atoms in total. The molecule has 0 aliphatic heterocycles. The van der Waals surface area contributed by atoms with Gasteiger partial charge in [0.05, 0.1) is 15.7 Å². The molecule has 0 unspecified atom stereocenters.